The van der Waals surface area contributed by atoms with Crippen molar-refractivity contribution in [3.8, 4) is 0 Å². The Labute approximate surface area is 74.2 Å². The van der Waals surface area contributed by atoms with Crippen molar-refractivity contribution in [2.45, 2.75) is 38.7 Å². The molecule has 0 aromatic carbocycles. The van der Waals surface area contributed by atoms with Gasteiger partial charge in [0.05, 0.1) is 18.5 Å². The largest absolute Gasteiger partial charge is 0.501 e. The van der Waals surface area contributed by atoms with Crippen molar-refractivity contribution in [1.29, 1.82) is 0 Å². The van der Waals surface area contributed by atoms with Crippen molar-refractivity contribution in [2.75, 3.05) is 6.61 Å². The van der Waals surface area contributed by atoms with E-state index in [9.17, 15) is 5.11 Å². The van der Waals surface area contributed by atoms with Crippen molar-refractivity contribution < 1.29 is 9.84 Å². The van der Waals surface area contributed by atoms with Gasteiger partial charge in [0.1, 0.15) is 0 Å². The lowest BCUT2D eigenvalue weighted by atomic mass is 9.80. The molecule has 2 nitrogen and oxygen atoms in total. The standard InChI is InChI=1S/C10H18O2/c1-3-10(11,4-2)9-5-7-12-8-6-9/h5,7,9,11H,3-4,6,8H2,1-2H3/t9-/m1/s1. The van der Waals surface area contributed by atoms with E-state index < -0.39 is 5.60 Å². The summed E-state index contributed by atoms with van der Waals surface area (Å²) in [6, 6.07) is 0. The molecule has 0 spiro atoms. The van der Waals surface area contributed by atoms with Gasteiger partial charge >= 0.3 is 0 Å². The Bertz CT molecular complexity index is 159. The van der Waals surface area contributed by atoms with Crippen LogP contribution in [0.25, 0.3) is 0 Å². The molecule has 1 aliphatic rings. The molecule has 1 N–H and O–H groups in total. The summed E-state index contributed by atoms with van der Waals surface area (Å²) in [7, 11) is 0. The molecule has 0 saturated heterocycles. The first-order valence-electron chi connectivity index (χ1n) is 4.73. The number of ether oxygens (including phenoxy) is 1. The van der Waals surface area contributed by atoms with E-state index >= 15 is 0 Å². The summed E-state index contributed by atoms with van der Waals surface area (Å²) >= 11 is 0. The van der Waals surface area contributed by atoms with Crippen LogP contribution in [0.15, 0.2) is 12.3 Å². The first-order chi connectivity index (χ1) is 5.73. The molecule has 0 radical (unpaired) electrons. The molecule has 1 rings (SSSR count). The molecule has 1 heterocycles. The van der Waals surface area contributed by atoms with Crippen LogP contribution < -0.4 is 0 Å². The molecule has 1 atom stereocenters. The van der Waals surface area contributed by atoms with Crippen molar-refractivity contribution in [2.24, 2.45) is 5.92 Å². The van der Waals surface area contributed by atoms with Crippen LogP contribution in [0.3, 0.4) is 0 Å². The van der Waals surface area contributed by atoms with Crippen molar-refractivity contribution in [1.82, 2.24) is 0 Å². The van der Waals surface area contributed by atoms with Crippen LogP contribution in [-0.2, 0) is 4.74 Å². The average Bonchev–Trinajstić information content (AvgIpc) is 2.18. The number of hydrogen-bond donors (Lipinski definition) is 1. The zero-order chi connectivity index (χ0) is 9.03. The molecule has 70 valence electrons. The molecule has 1 aliphatic heterocycles. The van der Waals surface area contributed by atoms with Gasteiger partial charge in [0, 0.05) is 5.92 Å². The van der Waals surface area contributed by atoms with Crippen LogP contribution >= 0.6 is 0 Å². The summed E-state index contributed by atoms with van der Waals surface area (Å²) in [5.74, 6) is 0.279. The van der Waals surface area contributed by atoms with Gasteiger partial charge in [-0.1, -0.05) is 13.8 Å². The smallest absolute Gasteiger partial charge is 0.0879 e. The third kappa shape index (κ3) is 1.81. The fourth-order valence-electron chi connectivity index (χ4n) is 1.73. The van der Waals surface area contributed by atoms with Crippen molar-refractivity contribution >= 4 is 0 Å². The van der Waals surface area contributed by atoms with Crippen LogP contribution in [-0.4, -0.2) is 17.3 Å². The van der Waals surface area contributed by atoms with E-state index in [4.69, 9.17) is 4.74 Å². The zero-order valence-corrected chi connectivity index (χ0v) is 7.92. The zero-order valence-electron chi connectivity index (χ0n) is 7.92. The van der Waals surface area contributed by atoms with E-state index in [1.807, 2.05) is 19.9 Å². The van der Waals surface area contributed by atoms with Crippen LogP contribution in [0.1, 0.15) is 33.1 Å². The summed E-state index contributed by atoms with van der Waals surface area (Å²) < 4.78 is 5.09. The lowest BCUT2D eigenvalue weighted by Crippen LogP contribution is -2.37. The molecular weight excluding hydrogens is 152 g/mol. The third-order valence-corrected chi connectivity index (χ3v) is 2.87. The van der Waals surface area contributed by atoms with Gasteiger partial charge in [-0.3, -0.25) is 0 Å². The summed E-state index contributed by atoms with van der Waals surface area (Å²) in [6.45, 7) is 4.81. The fourth-order valence-corrected chi connectivity index (χ4v) is 1.73. The lowest BCUT2D eigenvalue weighted by molar-refractivity contribution is -0.0226. The van der Waals surface area contributed by atoms with Gasteiger partial charge in [-0.15, -0.1) is 0 Å². The Morgan fingerprint density at radius 1 is 1.50 bits per heavy atom. The van der Waals surface area contributed by atoms with Gasteiger partial charge in [0.25, 0.3) is 0 Å². The van der Waals surface area contributed by atoms with Gasteiger partial charge in [-0.05, 0) is 25.3 Å². The van der Waals surface area contributed by atoms with Gasteiger partial charge in [-0.2, -0.15) is 0 Å². The molecule has 0 fully saturated rings. The number of rotatable bonds is 3. The average molecular weight is 170 g/mol. The Morgan fingerprint density at radius 2 is 2.17 bits per heavy atom. The quantitative estimate of drug-likeness (QED) is 0.702. The Kier molecular flexibility index (Phi) is 3.15. The maximum absolute atomic E-state index is 10.1. The highest BCUT2D eigenvalue weighted by atomic mass is 16.5. The Morgan fingerprint density at radius 3 is 2.58 bits per heavy atom. The highest BCUT2D eigenvalue weighted by molar-refractivity contribution is 4.98. The molecule has 0 amide bonds. The van der Waals surface area contributed by atoms with E-state index in [1.54, 1.807) is 6.26 Å². The minimum atomic E-state index is -0.514. The molecule has 0 saturated carbocycles. The van der Waals surface area contributed by atoms with E-state index in [2.05, 4.69) is 0 Å². The Hall–Kier alpha value is -0.500. The van der Waals surface area contributed by atoms with Crippen LogP contribution in [0.4, 0.5) is 0 Å². The predicted octanol–water partition coefficient (Wildman–Crippen LogP) is 2.09. The third-order valence-electron chi connectivity index (χ3n) is 2.87. The van der Waals surface area contributed by atoms with Crippen LogP contribution in [0, 0.1) is 5.92 Å². The van der Waals surface area contributed by atoms with Crippen LogP contribution in [0.5, 0.6) is 0 Å². The minimum Gasteiger partial charge on any atom is -0.501 e. The minimum absolute atomic E-state index is 0.279. The second-order valence-electron chi connectivity index (χ2n) is 3.41. The predicted molar refractivity (Wildman–Crippen MR) is 48.7 cm³/mol. The number of hydrogen-bond acceptors (Lipinski definition) is 2. The van der Waals surface area contributed by atoms with Crippen molar-refractivity contribution in [3.63, 3.8) is 0 Å². The second-order valence-corrected chi connectivity index (χ2v) is 3.41. The molecule has 0 aromatic rings. The lowest BCUT2D eigenvalue weighted by Gasteiger charge is -2.34. The molecular formula is C10H18O2. The van der Waals surface area contributed by atoms with Gasteiger partial charge in [-0.25, -0.2) is 0 Å². The fraction of sp³-hybridized carbons (Fsp3) is 0.800. The van der Waals surface area contributed by atoms with Gasteiger partial charge in [0.2, 0.25) is 0 Å². The normalized spacial score (nSPS) is 23.8. The molecule has 12 heavy (non-hydrogen) atoms. The van der Waals surface area contributed by atoms with E-state index in [-0.39, 0.29) is 5.92 Å². The molecule has 0 unspecified atom stereocenters. The molecule has 0 aliphatic carbocycles. The highest BCUT2D eigenvalue weighted by Crippen LogP contribution is 2.30. The van der Waals surface area contributed by atoms with E-state index in [0.717, 1.165) is 25.9 Å². The second kappa shape index (κ2) is 3.94. The molecule has 2 heteroatoms. The first-order valence-corrected chi connectivity index (χ1v) is 4.73. The van der Waals surface area contributed by atoms with E-state index in [1.165, 1.54) is 0 Å². The monoisotopic (exact) mass is 170 g/mol. The van der Waals surface area contributed by atoms with Crippen LogP contribution in [0.2, 0.25) is 0 Å². The highest BCUT2D eigenvalue weighted by Gasteiger charge is 2.32. The number of aliphatic hydroxyl groups is 1. The van der Waals surface area contributed by atoms with Gasteiger partial charge < -0.3 is 9.84 Å². The first kappa shape index (κ1) is 9.59. The maximum atomic E-state index is 10.1. The molecule has 0 aromatic heterocycles. The maximum Gasteiger partial charge on any atom is 0.0879 e. The summed E-state index contributed by atoms with van der Waals surface area (Å²) in [5.41, 5.74) is -0.514. The summed E-state index contributed by atoms with van der Waals surface area (Å²) in [5, 5.41) is 10.1. The summed E-state index contributed by atoms with van der Waals surface area (Å²) in [4.78, 5) is 0. The Balaban J connectivity index is 2.64. The summed E-state index contributed by atoms with van der Waals surface area (Å²) in [6.07, 6.45) is 6.27. The van der Waals surface area contributed by atoms with E-state index in [0.29, 0.717) is 0 Å². The topological polar surface area (TPSA) is 29.5 Å². The van der Waals surface area contributed by atoms with Gasteiger partial charge in [0.15, 0.2) is 0 Å². The molecule has 0 bridgehead atoms. The SMILES string of the molecule is CCC(O)(CC)[C@@H]1C=COCC1. The van der Waals surface area contributed by atoms with Crippen molar-refractivity contribution in [3.05, 3.63) is 12.3 Å².